The van der Waals surface area contributed by atoms with Crippen molar-refractivity contribution in [1.82, 2.24) is 4.98 Å². The number of morpholine rings is 1. The Bertz CT molecular complexity index is 617. The summed E-state index contributed by atoms with van der Waals surface area (Å²) in [6.45, 7) is 3.53. The van der Waals surface area contributed by atoms with E-state index in [-0.39, 0.29) is 18.8 Å². The molecule has 106 valence electrons. The summed E-state index contributed by atoms with van der Waals surface area (Å²) in [6, 6.07) is 7.85. The third-order valence-corrected chi connectivity index (χ3v) is 3.65. The number of aliphatic hydroxyl groups is 1. The van der Waals surface area contributed by atoms with Crippen LogP contribution in [0.5, 0.6) is 0 Å². The molecule has 1 fully saturated rings. The number of rotatable bonds is 2. The fraction of sp³-hybridized carbons (Fsp3) is 0.400. The molecule has 2 heterocycles. The van der Waals surface area contributed by atoms with E-state index in [1.165, 1.54) is 0 Å². The number of hydrogen-bond acceptors (Lipinski definition) is 5. The highest BCUT2D eigenvalue weighted by atomic mass is 16.5. The van der Waals surface area contributed by atoms with Gasteiger partial charge in [0.15, 0.2) is 0 Å². The summed E-state index contributed by atoms with van der Waals surface area (Å²) in [6.07, 6.45) is 1.69. The van der Waals surface area contributed by atoms with Crippen LogP contribution >= 0.6 is 0 Å². The van der Waals surface area contributed by atoms with E-state index in [1.54, 1.807) is 6.20 Å². The monoisotopic (exact) mass is 273 g/mol. The number of nitrogen functional groups attached to an aromatic ring is 1. The number of ether oxygens (including phenoxy) is 1. The molecule has 0 radical (unpaired) electrons. The Morgan fingerprint density at radius 3 is 3.05 bits per heavy atom. The molecule has 1 aliphatic rings. The molecule has 0 saturated carbocycles. The molecule has 1 aliphatic heterocycles. The van der Waals surface area contributed by atoms with E-state index >= 15 is 0 Å². The van der Waals surface area contributed by atoms with E-state index in [0.29, 0.717) is 12.2 Å². The zero-order valence-corrected chi connectivity index (χ0v) is 11.5. The molecule has 5 heteroatoms. The van der Waals surface area contributed by atoms with Gasteiger partial charge in [-0.1, -0.05) is 0 Å². The smallest absolute Gasteiger partial charge is 0.0984 e. The van der Waals surface area contributed by atoms with Gasteiger partial charge in [-0.05, 0) is 31.2 Å². The highest BCUT2D eigenvalue weighted by molar-refractivity contribution is 5.98. The molecule has 2 atom stereocenters. The first-order chi connectivity index (χ1) is 9.69. The van der Waals surface area contributed by atoms with Crippen molar-refractivity contribution in [3.63, 3.8) is 0 Å². The minimum Gasteiger partial charge on any atom is -0.397 e. The maximum atomic E-state index is 9.35. The van der Waals surface area contributed by atoms with Crippen molar-refractivity contribution in [3.8, 4) is 0 Å². The summed E-state index contributed by atoms with van der Waals surface area (Å²) in [4.78, 5) is 6.60. The predicted octanol–water partition coefficient (Wildman–Crippen LogP) is 1.40. The van der Waals surface area contributed by atoms with E-state index in [9.17, 15) is 5.11 Å². The van der Waals surface area contributed by atoms with E-state index in [1.807, 2.05) is 31.2 Å². The van der Waals surface area contributed by atoms with E-state index in [0.717, 1.165) is 23.1 Å². The molecular formula is C15H19N3O2. The fourth-order valence-corrected chi connectivity index (χ4v) is 2.80. The van der Waals surface area contributed by atoms with Crippen LogP contribution in [0, 0.1) is 0 Å². The number of pyridine rings is 1. The summed E-state index contributed by atoms with van der Waals surface area (Å²) in [5, 5.41) is 10.4. The Hall–Kier alpha value is -1.85. The van der Waals surface area contributed by atoms with Crippen molar-refractivity contribution < 1.29 is 9.84 Å². The average Bonchev–Trinajstić information content (AvgIpc) is 2.47. The van der Waals surface area contributed by atoms with E-state index in [4.69, 9.17) is 10.5 Å². The molecule has 0 amide bonds. The second-order valence-electron chi connectivity index (χ2n) is 5.23. The molecule has 3 N–H and O–H groups in total. The lowest BCUT2D eigenvalue weighted by Gasteiger charge is -2.38. The lowest BCUT2D eigenvalue weighted by molar-refractivity contribution is -0.0420. The molecular weight excluding hydrogens is 254 g/mol. The number of aromatic nitrogens is 1. The highest BCUT2D eigenvalue weighted by Crippen LogP contribution is 2.31. The van der Waals surface area contributed by atoms with Crippen molar-refractivity contribution in [1.29, 1.82) is 0 Å². The minimum atomic E-state index is -0.150. The number of anilines is 2. The third kappa shape index (κ3) is 2.30. The highest BCUT2D eigenvalue weighted by Gasteiger charge is 2.26. The molecule has 5 nitrogen and oxygen atoms in total. The summed E-state index contributed by atoms with van der Waals surface area (Å²) in [5.41, 5.74) is 8.59. The quantitative estimate of drug-likeness (QED) is 0.809. The van der Waals surface area contributed by atoms with Crippen LogP contribution in [0.3, 0.4) is 0 Å². The topological polar surface area (TPSA) is 71.6 Å². The maximum absolute atomic E-state index is 9.35. The molecule has 1 aromatic carbocycles. The molecule has 0 bridgehead atoms. The average molecular weight is 273 g/mol. The first-order valence-electron chi connectivity index (χ1n) is 6.83. The minimum absolute atomic E-state index is 0.0337. The Morgan fingerprint density at radius 1 is 1.40 bits per heavy atom. The second kappa shape index (κ2) is 5.26. The van der Waals surface area contributed by atoms with Crippen LogP contribution in [0.2, 0.25) is 0 Å². The van der Waals surface area contributed by atoms with Crippen molar-refractivity contribution in [2.75, 3.05) is 30.3 Å². The van der Waals surface area contributed by atoms with Gasteiger partial charge in [0.2, 0.25) is 0 Å². The zero-order valence-electron chi connectivity index (χ0n) is 11.5. The SMILES string of the molecule is CC1CN(c2ccc(N)c3ncccc23)CC(CO)O1. The molecule has 1 aromatic heterocycles. The Labute approximate surface area is 118 Å². The molecule has 2 aromatic rings. The van der Waals surface area contributed by atoms with Gasteiger partial charge in [0.25, 0.3) is 0 Å². The number of benzene rings is 1. The van der Waals surface area contributed by atoms with Crippen LogP contribution < -0.4 is 10.6 Å². The van der Waals surface area contributed by atoms with Crippen molar-refractivity contribution in [2.45, 2.75) is 19.1 Å². The summed E-state index contributed by atoms with van der Waals surface area (Å²) >= 11 is 0. The van der Waals surface area contributed by atoms with E-state index < -0.39 is 0 Å². The van der Waals surface area contributed by atoms with Crippen LogP contribution in [0.25, 0.3) is 10.9 Å². The molecule has 2 unspecified atom stereocenters. The first-order valence-corrected chi connectivity index (χ1v) is 6.83. The first kappa shape index (κ1) is 13.1. The van der Waals surface area contributed by atoms with Gasteiger partial charge in [0.05, 0.1) is 30.0 Å². The Balaban J connectivity index is 2.03. The van der Waals surface area contributed by atoms with Gasteiger partial charge in [-0.15, -0.1) is 0 Å². The lowest BCUT2D eigenvalue weighted by Crippen LogP contribution is -2.48. The second-order valence-corrected chi connectivity index (χ2v) is 5.23. The van der Waals surface area contributed by atoms with Gasteiger partial charge >= 0.3 is 0 Å². The Morgan fingerprint density at radius 2 is 2.25 bits per heavy atom. The molecule has 3 rings (SSSR count). The number of hydrogen-bond donors (Lipinski definition) is 2. The zero-order chi connectivity index (χ0) is 14.1. The van der Waals surface area contributed by atoms with Gasteiger partial charge < -0.3 is 20.5 Å². The van der Waals surface area contributed by atoms with Crippen LogP contribution in [0.1, 0.15) is 6.92 Å². The van der Waals surface area contributed by atoms with Crippen LogP contribution in [0.4, 0.5) is 11.4 Å². The van der Waals surface area contributed by atoms with Crippen LogP contribution in [-0.4, -0.2) is 42.0 Å². The summed E-state index contributed by atoms with van der Waals surface area (Å²) < 4.78 is 5.69. The van der Waals surface area contributed by atoms with Crippen molar-refractivity contribution in [3.05, 3.63) is 30.5 Å². The lowest BCUT2D eigenvalue weighted by atomic mass is 10.1. The van der Waals surface area contributed by atoms with Crippen molar-refractivity contribution >= 4 is 22.3 Å². The standard InChI is InChI=1S/C15H19N3O2/c1-10-7-18(8-11(9-19)20-10)14-5-4-13(16)15-12(14)3-2-6-17-15/h2-6,10-11,19H,7-9,16H2,1H3. The van der Waals surface area contributed by atoms with Crippen LogP contribution in [-0.2, 0) is 4.74 Å². The molecule has 1 saturated heterocycles. The molecule has 0 spiro atoms. The van der Waals surface area contributed by atoms with Crippen LogP contribution in [0.15, 0.2) is 30.5 Å². The third-order valence-electron chi connectivity index (χ3n) is 3.65. The largest absolute Gasteiger partial charge is 0.397 e. The van der Waals surface area contributed by atoms with Gasteiger partial charge in [-0.25, -0.2) is 0 Å². The van der Waals surface area contributed by atoms with Gasteiger partial charge in [0, 0.05) is 30.4 Å². The normalized spacial score (nSPS) is 23.2. The summed E-state index contributed by atoms with van der Waals surface area (Å²) in [7, 11) is 0. The van der Waals surface area contributed by atoms with Crippen molar-refractivity contribution in [2.24, 2.45) is 0 Å². The van der Waals surface area contributed by atoms with Gasteiger partial charge in [-0.2, -0.15) is 0 Å². The fourth-order valence-electron chi connectivity index (χ4n) is 2.80. The van der Waals surface area contributed by atoms with Gasteiger partial charge in [-0.3, -0.25) is 4.98 Å². The predicted molar refractivity (Wildman–Crippen MR) is 79.8 cm³/mol. The number of aliphatic hydroxyl groups excluding tert-OH is 1. The Kier molecular flexibility index (Phi) is 3.46. The molecule has 20 heavy (non-hydrogen) atoms. The van der Waals surface area contributed by atoms with Gasteiger partial charge in [0.1, 0.15) is 0 Å². The molecule has 0 aliphatic carbocycles. The number of fused-ring (bicyclic) bond motifs is 1. The number of nitrogens with zero attached hydrogens (tertiary/aromatic N) is 2. The number of nitrogens with two attached hydrogens (primary N) is 1. The maximum Gasteiger partial charge on any atom is 0.0984 e. The van der Waals surface area contributed by atoms with E-state index in [2.05, 4.69) is 9.88 Å². The summed E-state index contributed by atoms with van der Waals surface area (Å²) in [5.74, 6) is 0.